The van der Waals surface area contributed by atoms with E-state index in [1.807, 2.05) is 6.08 Å². The smallest absolute Gasteiger partial charge is 0.0614 e. The summed E-state index contributed by atoms with van der Waals surface area (Å²) in [6, 6.07) is 0. The van der Waals surface area contributed by atoms with Gasteiger partial charge in [-0.05, 0) is 57.8 Å². The van der Waals surface area contributed by atoms with Gasteiger partial charge in [-0.15, -0.1) is 0 Å². The van der Waals surface area contributed by atoms with Gasteiger partial charge < -0.3 is 5.11 Å². The normalized spacial score (nSPS) is 15.0. The highest BCUT2D eigenvalue weighted by Crippen LogP contribution is 2.30. The average Bonchev–Trinajstić information content (AvgIpc) is 2.35. The molecule has 0 aromatic rings. The second-order valence-electron chi connectivity index (χ2n) is 7.47. The molecule has 0 amide bonds. The van der Waals surface area contributed by atoms with Crippen LogP contribution >= 0.6 is 0 Å². The van der Waals surface area contributed by atoms with Gasteiger partial charge >= 0.3 is 0 Å². The molecule has 0 aromatic carbocycles. The standard InChI is InChI=1S/C20H36O/c1-16(2)19(5)11-13-20(6,7)15-18(4)10-8-9-17(3)12-14-21/h10-12,16,21H,8-9,13-15H2,1-7H3/b17-12+,18-10+,19-11+. The minimum Gasteiger partial charge on any atom is -0.392 e. The largest absolute Gasteiger partial charge is 0.392 e. The van der Waals surface area contributed by atoms with Crippen molar-refractivity contribution in [2.75, 3.05) is 6.61 Å². The molecule has 0 radical (unpaired) electrons. The van der Waals surface area contributed by atoms with E-state index in [0.29, 0.717) is 11.3 Å². The minimum atomic E-state index is 0.156. The first kappa shape index (κ1) is 20.2. The lowest BCUT2D eigenvalue weighted by Gasteiger charge is -2.24. The summed E-state index contributed by atoms with van der Waals surface area (Å²) in [5, 5.41) is 8.84. The lowest BCUT2D eigenvalue weighted by Crippen LogP contribution is -2.11. The lowest BCUT2D eigenvalue weighted by atomic mass is 9.81. The van der Waals surface area contributed by atoms with E-state index in [9.17, 15) is 0 Å². The van der Waals surface area contributed by atoms with Gasteiger partial charge in [0.05, 0.1) is 6.61 Å². The van der Waals surface area contributed by atoms with E-state index in [1.54, 1.807) is 0 Å². The molecule has 0 bridgehead atoms. The highest BCUT2D eigenvalue weighted by atomic mass is 16.2. The highest BCUT2D eigenvalue weighted by molar-refractivity contribution is 5.08. The van der Waals surface area contributed by atoms with Crippen molar-refractivity contribution in [1.29, 1.82) is 0 Å². The molecule has 1 heteroatoms. The Kier molecular flexibility index (Phi) is 9.61. The van der Waals surface area contributed by atoms with Crippen LogP contribution in [0.5, 0.6) is 0 Å². The molecule has 0 heterocycles. The summed E-state index contributed by atoms with van der Waals surface area (Å²) >= 11 is 0. The molecule has 0 aliphatic carbocycles. The average molecular weight is 293 g/mol. The molecule has 122 valence electrons. The Morgan fingerprint density at radius 3 is 2.14 bits per heavy atom. The fourth-order valence-corrected chi connectivity index (χ4v) is 2.38. The Labute approximate surface area is 132 Å². The van der Waals surface area contributed by atoms with Gasteiger partial charge in [-0.25, -0.2) is 0 Å². The van der Waals surface area contributed by atoms with Crippen molar-refractivity contribution in [3.8, 4) is 0 Å². The number of rotatable bonds is 9. The van der Waals surface area contributed by atoms with Crippen molar-refractivity contribution < 1.29 is 5.11 Å². The monoisotopic (exact) mass is 292 g/mol. The molecule has 0 aliphatic heterocycles. The maximum atomic E-state index is 8.84. The van der Waals surface area contributed by atoms with Crippen LogP contribution in [0.2, 0.25) is 0 Å². The Morgan fingerprint density at radius 1 is 1.00 bits per heavy atom. The van der Waals surface area contributed by atoms with Crippen LogP contribution in [-0.2, 0) is 0 Å². The van der Waals surface area contributed by atoms with Crippen molar-refractivity contribution in [2.45, 2.75) is 74.1 Å². The summed E-state index contributed by atoms with van der Waals surface area (Å²) in [5.74, 6) is 0.652. The predicted octanol–water partition coefficient (Wildman–Crippen LogP) is 6.06. The first-order valence-electron chi connectivity index (χ1n) is 8.26. The van der Waals surface area contributed by atoms with Crippen LogP contribution in [0.25, 0.3) is 0 Å². The molecule has 21 heavy (non-hydrogen) atoms. The number of aliphatic hydroxyl groups excluding tert-OH is 1. The van der Waals surface area contributed by atoms with Gasteiger partial charge in [0.15, 0.2) is 0 Å². The second-order valence-corrected chi connectivity index (χ2v) is 7.47. The van der Waals surface area contributed by atoms with Crippen LogP contribution in [0.4, 0.5) is 0 Å². The molecular formula is C20H36O. The Hall–Kier alpha value is -0.820. The van der Waals surface area contributed by atoms with E-state index < -0.39 is 0 Å². The molecule has 0 saturated carbocycles. The summed E-state index contributed by atoms with van der Waals surface area (Å²) in [6.07, 6.45) is 11.1. The zero-order valence-corrected chi connectivity index (χ0v) is 15.3. The molecule has 0 aliphatic rings. The quantitative estimate of drug-likeness (QED) is 0.512. The molecule has 0 atom stereocenters. The number of allylic oxidation sites excluding steroid dienone is 5. The Balaban J connectivity index is 4.37. The fraction of sp³-hybridized carbons (Fsp3) is 0.700. The van der Waals surface area contributed by atoms with E-state index in [0.717, 1.165) is 25.7 Å². The van der Waals surface area contributed by atoms with Crippen molar-refractivity contribution >= 4 is 0 Å². The third kappa shape index (κ3) is 10.5. The number of hydrogen-bond donors (Lipinski definition) is 1. The highest BCUT2D eigenvalue weighted by Gasteiger charge is 2.17. The van der Waals surface area contributed by atoms with Gasteiger partial charge in [0.25, 0.3) is 0 Å². The first-order chi connectivity index (χ1) is 9.68. The van der Waals surface area contributed by atoms with E-state index in [2.05, 4.69) is 60.6 Å². The van der Waals surface area contributed by atoms with Crippen LogP contribution in [-0.4, -0.2) is 11.7 Å². The molecule has 0 aromatic heterocycles. The zero-order chi connectivity index (χ0) is 16.5. The van der Waals surface area contributed by atoms with Crippen molar-refractivity contribution in [3.63, 3.8) is 0 Å². The van der Waals surface area contributed by atoms with Crippen LogP contribution in [0.3, 0.4) is 0 Å². The van der Waals surface area contributed by atoms with Gasteiger partial charge in [0, 0.05) is 0 Å². The summed E-state index contributed by atoms with van der Waals surface area (Å²) in [7, 11) is 0. The van der Waals surface area contributed by atoms with E-state index in [1.165, 1.54) is 16.7 Å². The molecule has 1 nitrogen and oxygen atoms in total. The van der Waals surface area contributed by atoms with Gasteiger partial charge in [0.2, 0.25) is 0 Å². The molecule has 0 spiro atoms. The fourth-order valence-electron chi connectivity index (χ4n) is 2.38. The third-order valence-corrected chi connectivity index (χ3v) is 4.12. The second kappa shape index (κ2) is 10.00. The maximum absolute atomic E-state index is 8.84. The van der Waals surface area contributed by atoms with Crippen LogP contribution in [0.15, 0.2) is 34.9 Å². The lowest BCUT2D eigenvalue weighted by molar-refractivity contribution is 0.341. The Morgan fingerprint density at radius 2 is 1.62 bits per heavy atom. The maximum Gasteiger partial charge on any atom is 0.0614 e. The van der Waals surface area contributed by atoms with E-state index in [-0.39, 0.29) is 6.61 Å². The van der Waals surface area contributed by atoms with E-state index >= 15 is 0 Å². The molecular weight excluding hydrogens is 256 g/mol. The predicted molar refractivity (Wildman–Crippen MR) is 95.4 cm³/mol. The SMILES string of the molecule is C/C(=C\CO)CC/C=C(\C)CC(C)(C)C/C=C(\C)C(C)C. The summed E-state index contributed by atoms with van der Waals surface area (Å²) < 4.78 is 0. The molecule has 0 fully saturated rings. The zero-order valence-electron chi connectivity index (χ0n) is 15.3. The number of aliphatic hydroxyl groups is 1. The van der Waals surface area contributed by atoms with Crippen molar-refractivity contribution in [3.05, 3.63) is 34.9 Å². The van der Waals surface area contributed by atoms with Gasteiger partial charge in [-0.2, -0.15) is 0 Å². The van der Waals surface area contributed by atoms with Crippen molar-refractivity contribution in [1.82, 2.24) is 0 Å². The molecule has 1 N–H and O–H groups in total. The van der Waals surface area contributed by atoms with E-state index in [4.69, 9.17) is 5.11 Å². The topological polar surface area (TPSA) is 20.2 Å². The number of hydrogen-bond acceptors (Lipinski definition) is 1. The third-order valence-electron chi connectivity index (χ3n) is 4.12. The van der Waals surface area contributed by atoms with Crippen LogP contribution < -0.4 is 0 Å². The summed E-state index contributed by atoms with van der Waals surface area (Å²) in [4.78, 5) is 0. The first-order valence-corrected chi connectivity index (χ1v) is 8.26. The Bertz CT molecular complexity index is 381. The van der Waals surface area contributed by atoms with Gasteiger partial charge in [-0.3, -0.25) is 0 Å². The summed E-state index contributed by atoms with van der Waals surface area (Å²) in [6.45, 7) is 15.9. The van der Waals surface area contributed by atoms with Crippen LogP contribution in [0.1, 0.15) is 74.1 Å². The van der Waals surface area contributed by atoms with Crippen molar-refractivity contribution in [2.24, 2.45) is 11.3 Å². The van der Waals surface area contributed by atoms with Crippen LogP contribution in [0, 0.1) is 11.3 Å². The summed E-state index contributed by atoms with van der Waals surface area (Å²) in [5.41, 5.74) is 4.57. The molecule has 0 rings (SSSR count). The molecule has 0 saturated heterocycles. The minimum absolute atomic E-state index is 0.156. The van der Waals surface area contributed by atoms with Gasteiger partial charge in [-0.1, -0.05) is 62.6 Å². The van der Waals surface area contributed by atoms with Gasteiger partial charge in [0.1, 0.15) is 0 Å². The molecule has 0 unspecified atom stereocenters.